The smallest absolute Gasteiger partial charge is 0.259 e. The summed E-state index contributed by atoms with van der Waals surface area (Å²) < 4.78 is 12.5. The van der Waals surface area contributed by atoms with Gasteiger partial charge in [0.1, 0.15) is 11.3 Å². The van der Waals surface area contributed by atoms with Gasteiger partial charge >= 0.3 is 0 Å². The van der Waals surface area contributed by atoms with E-state index in [4.69, 9.17) is 9.47 Å². The van der Waals surface area contributed by atoms with Crippen LogP contribution in [0.4, 0.5) is 0 Å². The summed E-state index contributed by atoms with van der Waals surface area (Å²) in [7, 11) is 0. The van der Waals surface area contributed by atoms with E-state index in [1.165, 1.54) is 6.08 Å². The Labute approximate surface area is 166 Å². The maximum absolute atomic E-state index is 11.7. The van der Waals surface area contributed by atoms with Crippen molar-refractivity contribution in [1.82, 2.24) is 5.32 Å². The molecule has 28 heavy (non-hydrogen) atoms. The van der Waals surface area contributed by atoms with E-state index in [-0.39, 0.29) is 41.9 Å². The molecule has 2 bridgehead atoms. The summed E-state index contributed by atoms with van der Waals surface area (Å²) in [4.78, 5) is 23.3. The first kappa shape index (κ1) is 20.6. The lowest BCUT2D eigenvalue weighted by molar-refractivity contribution is -0.318. The van der Waals surface area contributed by atoms with E-state index in [0.717, 1.165) is 17.6 Å². The third-order valence-electron chi connectivity index (χ3n) is 5.93. The number of carbonyl (C=O) groups excluding carboxylic acids is 2. The number of hydrogen-bond acceptors (Lipinski definition) is 5. The Kier molecular flexibility index (Phi) is 5.64. The molecule has 0 unspecified atom stereocenters. The van der Waals surface area contributed by atoms with Gasteiger partial charge in [0.25, 0.3) is 5.91 Å². The molecule has 2 N–H and O–H groups in total. The molecule has 0 aromatic rings. The predicted octanol–water partition coefficient (Wildman–Crippen LogP) is 3.12. The molecule has 0 radical (unpaired) electrons. The number of hydrogen-bond donors (Lipinski definition) is 2. The molecule has 3 heterocycles. The zero-order chi connectivity index (χ0) is 20.6. The van der Waals surface area contributed by atoms with Crippen LogP contribution in [0.5, 0.6) is 0 Å². The SMILES string of the molecule is CC(=C[C@@H](C)[C@H]1O[C@@]2(C)O[C@H](CC=C2C)[C@@H]1C)/C=C/C(O)=C1/C(=O)CNC1=O. The van der Waals surface area contributed by atoms with Crippen molar-refractivity contribution in [2.45, 2.75) is 59.0 Å². The van der Waals surface area contributed by atoms with Gasteiger partial charge in [-0.15, -0.1) is 0 Å². The predicted molar refractivity (Wildman–Crippen MR) is 105 cm³/mol. The van der Waals surface area contributed by atoms with Crippen LogP contribution in [0.3, 0.4) is 0 Å². The van der Waals surface area contributed by atoms with Crippen LogP contribution in [0.15, 0.2) is 46.8 Å². The van der Waals surface area contributed by atoms with E-state index in [9.17, 15) is 14.7 Å². The van der Waals surface area contributed by atoms with Crippen LogP contribution in [-0.2, 0) is 19.1 Å². The Morgan fingerprint density at radius 2 is 2.07 bits per heavy atom. The summed E-state index contributed by atoms with van der Waals surface area (Å²) in [5, 5.41) is 12.5. The Balaban J connectivity index is 1.74. The average Bonchev–Trinajstić information content (AvgIpc) is 2.97. The second-order valence-electron chi connectivity index (χ2n) is 8.14. The summed E-state index contributed by atoms with van der Waals surface area (Å²) in [6.07, 6.45) is 8.42. The van der Waals surface area contributed by atoms with E-state index in [2.05, 4.69) is 31.3 Å². The van der Waals surface area contributed by atoms with Gasteiger partial charge < -0.3 is 19.9 Å². The molecule has 3 aliphatic heterocycles. The number of rotatable bonds is 4. The van der Waals surface area contributed by atoms with Gasteiger partial charge in [-0.25, -0.2) is 0 Å². The van der Waals surface area contributed by atoms with E-state index >= 15 is 0 Å². The maximum atomic E-state index is 11.7. The topological polar surface area (TPSA) is 84.9 Å². The highest BCUT2D eigenvalue weighted by atomic mass is 16.7. The molecule has 0 saturated carbocycles. The molecule has 0 aliphatic carbocycles. The fourth-order valence-electron chi connectivity index (χ4n) is 4.10. The van der Waals surface area contributed by atoms with Crippen molar-refractivity contribution < 1.29 is 24.2 Å². The van der Waals surface area contributed by atoms with Crippen LogP contribution in [0.2, 0.25) is 0 Å². The monoisotopic (exact) mass is 387 g/mol. The number of nitrogens with one attached hydrogen (secondary N) is 1. The number of ketones is 1. The van der Waals surface area contributed by atoms with Gasteiger partial charge in [-0.1, -0.05) is 37.6 Å². The normalized spacial score (nSPS) is 36.4. The van der Waals surface area contributed by atoms with Crippen molar-refractivity contribution in [2.24, 2.45) is 11.8 Å². The number of ether oxygens (including phenoxy) is 2. The number of fused-ring (bicyclic) bond motifs is 2. The molecule has 6 nitrogen and oxygen atoms in total. The van der Waals surface area contributed by atoms with Crippen molar-refractivity contribution >= 4 is 11.7 Å². The lowest BCUT2D eigenvalue weighted by Crippen LogP contribution is -2.55. The lowest BCUT2D eigenvalue weighted by Gasteiger charge is -2.50. The minimum Gasteiger partial charge on any atom is -0.507 e. The molecule has 1 amide bonds. The molecule has 152 valence electrons. The third kappa shape index (κ3) is 3.84. The van der Waals surface area contributed by atoms with Crippen LogP contribution in [0.25, 0.3) is 0 Å². The zero-order valence-corrected chi connectivity index (χ0v) is 17.1. The quantitative estimate of drug-likeness (QED) is 0.255. The third-order valence-corrected chi connectivity index (χ3v) is 5.93. The molecular formula is C22H29NO5. The number of aliphatic hydroxyl groups excluding tert-OH is 1. The van der Waals surface area contributed by atoms with Gasteiger partial charge in [0.15, 0.2) is 11.6 Å². The largest absolute Gasteiger partial charge is 0.507 e. The Hall–Kier alpha value is -2.18. The highest BCUT2D eigenvalue weighted by Crippen LogP contribution is 2.43. The Morgan fingerprint density at radius 1 is 1.36 bits per heavy atom. The lowest BCUT2D eigenvalue weighted by atomic mass is 9.82. The minimum atomic E-state index is -0.676. The van der Waals surface area contributed by atoms with Crippen LogP contribution >= 0.6 is 0 Å². The summed E-state index contributed by atoms with van der Waals surface area (Å²) in [6.45, 7) is 10.1. The number of amides is 1. The summed E-state index contributed by atoms with van der Waals surface area (Å²) in [6, 6.07) is 0. The molecular weight excluding hydrogens is 358 g/mol. The van der Waals surface area contributed by atoms with E-state index in [0.29, 0.717) is 0 Å². The standard InChI is InChI=1S/C22H29NO5/c1-12(6-8-16(24)19-17(25)11-23-21(19)26)10-13(2)20-15(4)18-9-7-14(3)22(5,27-18)28-20/h6-8,10,13,15,18,20,24H,9,11H2,1-5H3,(H,23,26)/b8-6+,12-10?,19-16+/t13-,15+,18-,20-,22-/m1/s1. The second kappa shape index (κ2) is 7.68. The highest BCUT2D eigenvalue weighted by molar-refractivity contribution is 6.25. The fourth-order valence-corrected chi connectivity index (χ4v) is 4.10. The first-order valence-corrected chi connectivity index (χ1v) is 9.76. The van der Waals surface area contributed by atoms with Crippen LogP contribution in [-0.4, -0.2) is 41.3 Å². The summed E-state index contributed by atoms with van der Waals surface area (Å²) in [5.41, 5.74) is 1.83. The molecule has 3 rings (SSSR count). The van der Waals surface area contributed by atoms with Crippen molar-refractivity contribution in [3.63, 3.8) is 0 Å². The molecule has 6 heteroatoms. The van der Waals surface area contributed by atoms with E-state index in [1.807, 2.05) is 20.8 Å². The number of allylic oxidation sites excluding steroid dienone is 3. The van der Waals surface area contributed by atoms with Crippen LogP contribution < -0.4 is 5.32 Å². The first-order valence-electron chi connectivity index (χ1n) is 9.76. The van der Waals surface area contributed by atoms with Crippen LogP contribution in [0, 0.1) is 11.8 Å². The van der Waals surface area contributed by atoms with Gasteiger partial charge in [0, 0.05) is 11.8 Å². The average molecular weight is 387 g/mol. The van der Waals surface area contributed by atoms with Gasteiger partial charge in [0.2, 0.25) is 0 Å². The molecule has 0 aromatic heterocycles. The van der Waals surface area contributed by atoms with E-state index < -0.39 is 17.5 Å². The molecule has 2 fully saturated rings. The Bertz CT molecular complexity index is 788. The molecule has 3 aliphatic rings. The summed E-state index contributed by atoms with van der Waals surface area (Å²) >= 11 is 0. The number of aliphatic hydroxyl groups is 1. The minimum absolute atomic E-state index is 0.00453. The molecule has 0 spiro atoms. The van der Waals surface area contributed by atoms with Crippen molar-refractivity contribution in [3.8, 4) is 0 Å². The highest BCUT2D eigenvalue weighted by Gasteiger charge is 2.47. The van der Waals surface area contributed by atoms with Crippen molar-refractivity contribution in [1.29, 1.82) is 0 Å². The molecule has 5 atom stereocenters. The first-order chi connectivity index (χ1) is 13.1. The molecule has 2 saturated heterocycles. The van der Waals surface area contributed by atoms with Gasteiger partial charge in [-0.05, 0) is 38.8 Å². The van der Waals surface area contributed by atoms with Crippen molar-refractivity contribution in [3.05, 3.63) is 46.8 Å². The van der Waals surface area contributed by atoms with Gasteiger partial charge in [-0.3, -0.25) is 9.59 Å². The summed E-state index contributed by atoms with van der Waals surface area (Å²) in [5.74, 6) is -1.54. The Morgan fingerprint density at radius 3 is 2.71 bits per heavy atom. The second-order valence-corrected chi connectivity index (χ2v) is 8.14. The van der Waals surface area contributed by atoms with Crippen LogP contribution in [0.1, 0.15) is 41.0 Å². The number of carbonyl (C=O) groups is 2. The van der Waals surface area contributed by atoms with E-state index in [1.54, 1.807) is 6.08 Å². The van der Waals surface area contributed by atoms with Crippen molar-refractivity contribution in [2.75, 3.05) is 6.54 Å². The molecule has 0 aromatic carbocycles. The maximum Gasteiger partial charge on any atom is 0.259 e. The zero-order valence-electron chi connectivity index (χ0n) is 17.1. The fraction of sp³-hybridized carbons (Fsp3) is 0.545. The number of Topliss-reactive ketones (excluding diaryl/α,β-unsaturated/α-hetero) is 1. The van der Waals surface area contributed by atoms with Gasteiger partial charge in [0.05, 0.1) is 18.8 Å². The van der Waals surface area contributed by atoms with Gasteiger partial charge in [-0.2, -0.15) is 0 Å².